The maximum absolute atomic E-state index is 12.7. The van der Waals surface area contributed by atoms with E-state index in [1.54, 1.807) is 24.3 Å². The molecule has 0 fully saturated rings. The molecule has 3 aromatic carbocycles. The largest absolute Gasteiger partial charge is 0.377 e. The second-order valence-corrected chi connectivity index (χ2v) is 5.26. The van der Waals surface area contributed by atoms with Gasteiger partial charge in [0.25, 0.3) is 0 Å². The molecule has 0 bridgehead atoms. The number of hydrogen-bond donors (Lipinski definition) is 1. The van der Waals surface area contributed by atoms with Crippen molar-refractivity contribution in [2.24, 2.45) is 0 Å². The Balaban J connectivity index is 0.000000198. The van der Waals surface area contributed by atoms with Gasteiger partial charge in [-0.25, -0.2) is 4.39 Å². The van der Waals surface area contributed by atoms with Crippen molar-refractivity contribution in [3.8, 4) is 0 Å². The van der Waals surface area contributed by atoms with Gasteiger partial charge in [-0.15, -0.1) is 0 Å². The summed E-state index contributed by atoms with van der Waals surface area (Å²) in [6, 6.07) is 25.0. The van der Waals surface area contributed by atoms with Crippen LogP contribution in [0.25, 0.3) is 0 Å². The highest BCUT2D eigenvalue weighted by atomic mass is 19.1. The van der Waals surface area contributed by atoms with Crippen LogP contribution in [-0.2, 0) is 0 Å². The Morgan fingerprint density at radius 3 is 1.71 bits per heavy atom. The fourth-order valence-corrected chi connectivity index (χ4v) is 2.05. The molecule has 0 saturated carbocycles. The third kappa shape index (κ3) is 5.21. The van der Waals surface area contributed by atoms with Crippen LogP contribution in [0.1, 0.15) is 11.1 Å². The van der Waals surface area contributed by atoms with Gasteiger partial charge < -0.3 is 10.0 Å². The van der Waals surface area contributed by atoms with Crippen molar-refractivity contribution < 1.29 is 9.50 Å². The van der Waals surface area contributed by atoms with Gasteiger partial charge in [-0.2, -0.15) is 0 Å². The highest BCUT2D eigenvalue weighted by Gasteiger charge is 2.10. The molecule has 0 amide bonds. The number of aliphatic hydroxyl groups is 1. The van der Waals surface area contributed by atoms with E-state index in [-0.39, 0.29) is 11.9 Å². The molecular weight excluding hydrogens is 301 g/mol. The zero-order valence-corrected chi connectivity index (χ0v) is 13.6. The molecule has 0 heterocycles. The number of para-hydroxylation sites is 1. The average Bonchev–Trinajstić information content (AvgIpc) is 2.64. The Hall–Kier alpha value is -2.65. The zero-order chi connectivity index (χ0) is 17.4. The van der Waals surface area contributed by atoms with Crippen LogP contribution in [0, 0.1) is 19.0 Å². The van der Waals surface area contributed by atoms with Gasteiger partial charge in [0.2, 0.25) is 0 Å². The molecule has 3 heteroatoms. The molecule has 0 unspecified atom stereocenters. The molecule has 3 rings (SSSR count). The third-order valence-corrected chi connectivity index (χ3v) is 3.36. The summed E-state index contributed by atoms with van der Waals surface area (Å²) in [7, 11) is 5.67. The molecule has 0 aromatic heterocycles. The Labute approximate surface area is 142 Å². The van der Waals surface area contributed by atoms with Crippen LogP contribution in [0.15, 0.2) is 84.9 Å². The summed E-state index contributed by atoms with van der Waals surface area (Å²) in [5.41, 5.74) is 2.48. The van der Waals surface area contributed by atoms with Crippen molar-refractivity contribution in [3.63, 3.8) is 0 Å². The minimum absolute atomic E-state index is 0.163. The predicted octanol–water partition coefficient (Wildman–Crippen LogP) is 5.04. The smallest absolute Gasteiger partial charge is 0.152 e. The molecule has 0 aliphatic rings. The van der Waals surface area contributed by atoms with Crippen molar-refractivity contribution in [2.45, 2.75) is 0 Å². The molecule has 0 atom stereocenters. The number of aliphatic hydroxyl groups excluding tert-OH is 1. The van der Waals surface area contributed by atoms with Gasteiger partial charge >= 0.3 is 0 Å². The topological polar surface area (TPSA) is 23.5 Å². The summed E-state index contributed by atoms with van der Waals surface area (Å²) in [6.45, 7) is 0. The molecule has 122 valence electrons. The second kappa shape index (κ2) is 8.85. The number of benzene rings is 3. The van der Waals surface area contributed by atoms with E-state index in [2.05, 4.69) is 7.05 Å². The van der Waals surface area contributed by atoms with Gasteiger partial charge in [-0.3, -0.25) is 0 Å². The molecule has 2 radical (unpaired) electrons. The first-order chi connectivity index (χ1) is 11.6. The first-order valence-corrected chi connectivity index (χ1v) is 7.54. The van der Waals surface area contributed by atoms with E-state index >= 15 is 0 Å². The van der Waals surface area contributed by atoms with Crippen LogP contribution in [0.2, 0.25) is 0 Å². The van der Waals surface area contributed by atoms with E-state index in [9.17, 15) is 9.50 Å². The summed E-state index contributed by atoms with van der Waals surface area (Å²) >= 11 is 0. The first-order valence-electron chi connectivity index (χ1n) is 7.54. The van der Waals surface area contributed by atoms with Gasteiger partial charge in [0.15, 0.2) is 6.10 Å². The first kappa shape index (κ1) is 17.7. The monoisotopic (exact) mass is 321 g/mol. The molecule has 1 N–H and O–H groups in total. The lowest BCUT2D eigenvalue weighted by molar-refractivity contribution is 0.356. The molecule has 0 aliphatic heterocycles. The van der Waals surface area contributed by atoms with Crippen molar-refractivity contribution in [1.82, 2.24) is 0 Å². The summed E-state index contributed by atoms with van der Waals surface area (Å²) in [5, 5.41) is 9.88. The summed E-state index contributed by atoms with van der Waals surface area (Å²) in [4.78, 5) is 1.83. The number of hydrogen-bond acceptors (Lipinski definition) is 2. The van der Waals surface area contributed by atoms with E-state index < -0.39 is 0 Å². The Morgan fingerprint density at radius 1 is 0.792 bits per heavy atom. The lowest BCUT2D eigenvalue weighted by atomic mass is 10.0. The van der Waals surface area contributed by atoms with E-state index in [0.29, 0.717) is 5.56 Å². The number of nitrogens with zero attached hydrogens (tertiary/aromatic N) is 1. The number of halogens is 1. The van der Waals surface area contributed by atoms with Crippen LogP contribution in [-0.4, -0.2) is 12.2 Å². The fraction of sp³-hybridized carbons (Fsp3) is 0.0476. The summed E-state index contributed by atoms with van der Waals surface area (Å²) < 4.78 is 12.7. The molecule has 0 spiro atoms. The highest BCUT2D eigenvalue weighted by Crippen LogP contribution is 2.20. The number of anilines is 1. The van der Waals surface area contributed by atoms with Crippen LogP contribution in [0.4, 0.5) is 10.1 Å². The van der Waals surface area contributed by atoms with Crippen molar-refractivity contribution >= 4 is 5.69 Å². The van der Waals surface area contributed by atoms with Crippen LogP contribution in [0.3, 0.4) is 0 Å². The molecule has 2 nitrogen and oxygen atoms in total. The van der Waals surface area contributed by atoms with Crippen molar-refractivity contribution in [1.29, 1.82) is 0 Å². The molecule has 0 saturated heterocycles. The van der Waals surface area contributed by atoms with Gasteiger partial charge in [0.1, 0.15) is 5.82 Å². The van der Waals surface area contributed by atoms with E-state index in [1.807, 2.05) is 60.5 Å². The average molecular weight is 321 g/mol. The predicted molar refractivity (Wildman–Crippen MR) is 96.4 cm³/mol. The molecule has 3 aromatic rings. The summed E-state index contributed by atoms with van der Waals surface area (Å²) in [6.07, 6.45) is 0.163. The minimum Gasteiger partial charge on any atom is -0.377 e. The highest BCUT2D eigenvalue weighted by molar-refractivity contribution is 5.45. The molecular formula is C21H20FNO. The van der Waals surface area contributed by atoms with E-state index in [1.165, 1.54) is 12.1 Å². The van der Waals surface area contributed by atoms with Gasteiger partial charge in [0, 0.05) is 19.8 Å². The SMILES string of the molecule is O[C](c1ccccc1)c1ccc(F)cc1.[CH2]N(C)c1ccccc1. The lowest BCUT2D eigenvalue weighted by Crippen LogP contribution is -2.04. The van der Waals surface area contributed by atoms with E-state index in [0.717, 1.165) is 11.3 Å². The second-order valence-electron chi connectivity index (χ2n) is 5.26. The van der Waals surface area contributed by atoms with Gasteiger partial charge in [0.05, 0.1) is 0 Å². The Morgan fingerprint density at radius 2 is 1.25 bits per heavy atom. The van der Waals surface area contributed by atoms with Crippen molar-refractivity contribution in [2.75, 3.05) is 11.9 Å². The Kier molecular flexibility index (Phi) is 6.52. The zero-order valence-electron chi connectivity index (χ0n) is 13.6. The van der Waals surface area contributed by atoms with Crippen LogP contribution in [0.5, 0.6) is 0 Å². The normalized spacial score (nSPS) is 10.0. The van der Waals surface area contributed by atoms with E-state index in [4.69, 9.17) is 0 Å². The third-order valence-electron chi connectivity index (χ3n) is 3.36. The standard InChI is InChI=1S/C13H10FO.C8H10N/c14-12-8-6-11(7-9-12)13(15)10-4-2-1-3-5-10;1-9(2)8-6-4-3-5-7-8/h1-9,15H;3-7H,1H2,2H3. The van der Waals surface area contributed by atoms with Crippen molar-refractivity contribution in [3.05, 3.63) is 115 Å². The van der Waals surface area contributed by atoms with Crippen LogP contribution >= 0.6 is 0 Å². The van der Waals surface area contributed by atoms with Gasteiger partial charge in [-0.05, 0) is 35.4 Å². The summed E-state index contributed by atoms with van der Waals surface area (Å²) in [5.74, 6) is -0.306. The lowest BCUT2D eigenvalue weighted by Gasteiger charge is -2.09. The molecule has 24 heavy (non-hydrogen) atoms. The number of rotatable bonds is 3. The Bertz CT molecular complexity index is 712. The fourth-order valence-electron chi connectivity index (χ4n) is 2.05. The minimum atomic E-state index is -0.306. The maximum atomic E-state index is 12.7. The maximum Gasteiger partial charge on any atom is 0.152 e. The van der Waals surface area contributed by atoms with Crippen LogP contribution < -0.4 is 4.90 Å². The molecule has 0 aliphatic carbocycles. The van der Waals surface area contributed by atoms with Gasteiger partial charge in [-0.1, -0.05) is 60.7 Å². The quantitative estimate of drug-likeness (QED) is 0.730.